The average molecular weight is 340 g/mol. The zero-order chi connectivity index (χ0) is 17.1. The number of anilines is 1. The molecule has 24 heavy (non-hydrogen) atoms. The SMILES string of the molecule is Cc1cccc(OCC(=O)Nc2sc3c(c2C#N)CCCC3)c1C. The number of amides is 1. The molecule has 1 N–H and O–H groups in total. The van der Waals surface area contributed by atoms with E-state index in [0.29, 0.717) is 10.6 Å². The van der Waals surface area contributed by atoms with Crippen LogP contribution in [0, 0.1) is 25.2 Å². The summed E-state index contributed by atoms with van der Waals surface area (Å²) in [6, 6.07) is 8.04. The van der Waals surface area contributed by atoms with Gasteiger partial charge >= 0.3 is 0 Å². The highest BCUT2D eigenvalue weighted by Crippen LogP contribution is 2.37. The fourth-order valence-corrected chi connectivity index (χ4v) is 4.21. The van der Waals surface area contributed by atoms with Gasteiger partial charge in [-0.25, -0.2) is 0 Å². The average Bonchev–Trinajstić information content (AvgIpc) is 2.93. The van der Waals surface area contributed by atoms with Gasteiger partial charge in [0.15, 0.2) is 6.61 Å². The van der Waals surface area contributed by atoms with Gasteiger partial charge in [-0.1, -0.05) is 12.1 Å². The zero-order valence-electron chi connectivity index (χ0n) is 13.9. The van der Waals surface area contributed by atoms with Crippen LogP contribution in [0.3, 0.4) is 0 Å². The Labute approximate surface area is 146 Å². The first-order chi connectivity index (χ1) is 11.6. The highest BCUT2D eigenvalue weighted by atomic mass is 32.1. The van der Waals surface area contributed by atoms with Crippen LogP contribution < -0.4 is 10.1 Å². The van der Waals surface area contributed by atoms with E-state index in [1.165, 1.54) is 16.2 Å². The summed E-state index contributed by atoms with van der Waals surface area (Å²) in [5.74, 6) is 0.488. The number of rotatable bonds is 4. The molecule has 1 aromatic carbocycles. The van der Waals surface area contributed by atoms with Gasteiger partial charge in [0.25, 0.3) is 5.91 Å². The quantitative estimate of drug-likeness (QED) is 0.910. The molecule has 1 amide bonds. The molecule has 3 rings (SSSR count). The molecule has 0 bridgehead atoms. The summed E-state index contributed by atoms with van der Waals surface area (Å²) in [6.45, 7) is 3.93. The van der Waals surface area contributed by atoms with Crippen molar-refractivity contribution in [2.45, 2.75) is 39.5 Å². The molecule has 2 aromatic rings. The van der Waals surface area contributed by atoms with Crippen LogP contribution in [0.25, 0.3) is 0 Å². The van der Waals surface area contributed by atoms with E-state index >= 15 is 0 Å². The third-order valence-electron chi connectivity index (χ3n) is 4.45. The van der Waals surface area contributed by atoms with Crippen LogP contribution in [0.5, 0.6) is 5.75 Å². The van der Waals surface area contributed by atoms with E-state index in [0.717, 1.165) is 48.1 Å². The minimum atomic E-state index is -0.231. The van der Waals surface area contributed by atoms with Gasteiger partial charge in [0.2, 0.25) is 0 Å². The molecular formula is C19H20N2O2S. The Hall–Kier alpha value is -2.32. The number of benzene rings is 1. The van der Waals surface area contributed by atoms with E-state index in [9.17, 15) is 10.1 Å². The van der Waals surface area contributed by atoms with Crippen LogP contribution in [0.15, 0.2) is 18.2 Å². The van der Waals surface area contributed by atoms with E-state index in [2.05, 4.69) is 11.4 Å². The number of aryl methyl sites for hydroxylation is 2. The zero-order valence-corrected chi connectivity index (χ0v) is 14.8. The lowest BCUT2D eigenvalue weighted by molar-refractivity contribution is -0.118. The highest BCUT2D eigenvalue weighted by molar-refractivity contribution is 7.16. The Kier molecular flexibility index (Phi) is 4.86. The third kappa shape index (κ3) is 3.29. The predicted molar refractivity (Wildman–Crippen MR) is 95.7 cm³/mol. The lowest BCUT2D eigenvalue weighted by Crippen LogP contribution is -2.20. The van der Waals surface area contributed by atoms with Gasteiger partial charge in [0.05, 0.1) is 5.56 Å². The maximum atomic E-state index is 12.2. The van der Waals surface area contributed by atoms with Crippen molar-refractivity contribution >= 4 is 22.2 Å². The van der Waals surface area contributed by atoms with Crippen molar-refractivity contribution in [1.29, 1.82) is 5.26 Å². The van der Waals surface area contributed by atoms with E-state index < -0.39 is 0 Å². The normalized spacial score (nSPS) is 13.0. The standard InChI is InChI=1S/C19H20N2O2S/c1-12-6-5-8-16(13(12)2)23-11-18(22)21-19-15(10-20)14-7-3-4-9-17(14)24-19/h5-6,8H,3-4,7,9,11H2,1-2H3,(H,21,22). The van der Waals surface area contributed by atoms with Gasteiger partial charge in [-0.3, -0.25) is 4.79 Å². The molecule has 0 unspecified atom stereocenters. The van der Waals surface area contributed by atoms with Gasteiger partial charge in [0, 0.05) is 4.88 Å². The van der Waals surface area contributed by atoms with Crippen molar-refractivity contribution in [3.63, 3.8) is 0 Å². The second kappa shape index (κ2) is 7.06. The Balaban J connectivity index is 1.68. The Morgan fingerprint density at radius 3 is 2.92 bits per heavy atom. The molecule has 0 spiro atoms. The summed E-state index contributed by atoms with van der Waals surface area (Å²) in [4.78, 5) is 13.5. The minimum Gasteiger partial charge on any atom is -0.483 e. The number of nitriles is 1. The fraction of sp³-hybridized carbons (Fsp3) is 0.368. The summed E-state index contributed by atoms with van der Waals surface area (Å²) < 4.78 is 5.64. The van der Waals surface area contributed by atoms with Crippen molar-refractivity contribution in [3.05, 3.63) is 45.3 Å². The van der Waals surface area contributed by atoms with Crippen molar-refractivity contribution < 1.29 is 9.53 Å². The van der Waals surface area contributed by atoms with Crippen LogP contribution in [0.1, 0.15) is 40.0 Å². The van der Waals surface area contributed by atoms with Crippen molar-refractivity contribution in [1.82, 2.24) is 0 Å². The Morgan fingerprint density at radius 2 is 2.12 bits per heavy atom. The van der Waals surface area contributed by atoms with E-state index in [-0.39, 0.29) is 12.5 Å². The van der Waals surface area contributed by atoms with Gasteiger partial charge in [-0.15, -0.1) is 11.3 Å². The van der Waals surface area contributed by atoms with Gasteiger partial charge < -0.3 is 10.1 Å². The molecule has 1 aromatic heterocycles. The topological polar surface area (TPSA) is 62.1 Å². The second-order valence-electron chi connectivity index (χ2n) is 6.06. The van der Waals surface area contributed by atoms with Crippen LogP contribution in [-0.2, 0) is 17.6 Å². The molecule has 0 fully saturated rings. The molecule has 0 atom stereocenters. The van der Waals surface area contributed by atoms with E-state index in [1.807, 2.05) is 32.0 Å². The molecule has 0 saturated heterocycles. The maximum Gasteiger partial charge on any atom is 0.262 e. The number of nitrogens with one attached hydrogen (secondary N) is 1. The largest absolute Gasteiger partial charge is 0.483 e. The number of hydrogen-bond donors (Lipinski definition) is 1. The first-order valence-corrected chi connectivity index (χ1v) is 8.95. The first kappa shape index (κ1) is 16.5. The van der Waals surface area contributed by atoms with Gasteiger partial charge in [-0.2, -0.15) is 5.26 Å². The minimum absolute atomic E-state index is 0.0578. The van der Waals surface area contributed by atoms with Gasteiger partial charge in [0.1, 0.15) is 16.8 Å². The maximum absolute atomic E-state index is 12.2. The molecule has 5 heteroatoms. The smallest absolute Gasteiger partial charge is 0.262 e. The van der Waals surface area contributed by atoms with Crippen molar-refractivity contribution in [2.24, 2.45) is 0 Å². The van der Waals surface area contributed by atoms with Crippen molar-refractivity contribution in [3.8, 4) is 11.8 Å². The van der Waals surface area contributed by atoms with E-state index in [4.69, 9.17) is 4.74 Å². The molecule has 0 aliphatic heterocycles. The molecule has 0 saturated carbocycles. The molecule has 1 heterocycles. The van der Waals surface area contributed by atoms with Crippen molar-refractivity contribution in [2.75, 3.05) is 11.9 Å². The number of thiophene rings is 1. The Bertz CT molecular complexity index is 818. The number of nitrogens with zero attached hydrogens (tertiary/aromatic N) is 1. The lowest BCUT2D eigenvalue weighted by Gasteiger charge is -2.10. The molecule has 0 radical (unpaired) electrons. The summed E-state index contributed by atoms with van der Waals surface area (Å²) in [5, 5.41) is 12.9. The predicted octanol–water partition coefficient (Wildman–Crippen LogP) is 4.13. The highest BCUT2D eigenvalue weighted by Gasteiger charge is 2.21. The third-order valence-corrected chi connectivity index (χ3v) is 5.66. The summed E-state index contributed by atoms with van der Waals surface area (Å²) in [6.07, 6.45) is 4.20. The number of carbonyl (C=O) groups is 1. The molecule has 1 aliphatic rings. The first-order valence-electron chi connectivity index (χ1n) is 8.13. The number of ether oxygens (including phenoxy) is 1. The lowest BCUT2D eigenvalue weighted by atomic mass is 9.96. The Morgan fingerprint density at radius 1 is 1.33 bits per heavy atom. The van der Waals surface area contributed by atoms with Gasteiger partial charge in [-0.05, 0) is 62.3 Å². The van der Waals surface area contributed by atoms with E-state index in [1.54, 1.807) is 0 Å². The van der Waals surface area contributed by atoms with Crippen LogP contribution >= 0.6 is 11.3 Å². The summed E-state index contributed by atoms with van der Waals surface area (Å²) in [7, 11) is 0. The summed E-state index contributed by atoms with van der Waals surface area (Å²) in [5.41, 5.74) is 3.93. The molecular weight excluding hydrogens is 320 g/mol. The van der Waals surface area contributed by atoms with Crippen LogP contribution in [0.2, 0.25) is 0 Å². The summed E-state index contributed by atoms with van der Waals surface area (Å²) >= 11 is 1.53. The number of carbonyl (C=O) groups excluding carboxylic acids is 1. The van der Waals surface area contributed by atoms with Crippen LogP contribution in [0.4, 0.5) is 5.00 Å². The van der Waals surface area contributed by atoms with Crippen LogP contribution in [-0.4, -0.2) is 12.5 Å². The number of fused-ring (bicyclic) bond motifs is 1. The molecule has 124 valence electrons. The molecule has 4 nitrogen and oxygen atoms in total. The fourth-order valence-electron chi connectivity index (χ4n) is 2.96. The second-order valence-corrected chi connectivity index (χ2v) is 7.17. The monoisotopic (exact) mass is 340 g/mol. The molecule has 1 aliphatic carbocycles. The number of hydrogen-bond acceptors (Lipinski definition) is 4.